The molecular weight excluding hydrogens is 309 g/mol. The summed E-state index contributed by atoms with van der Waals surface area (Å²) < 4.78 is 0. The second kappa shape index (κ2) is 4.59. The highest BCUT2D eigenvalue weighted by atomic mass is 35.5. The molecule has 1 saturated carbocycles. The lowest BCUT2D eigenvalue weighted by atomic mass is 9.85. The zero-order valence-corrected chi connectivity index (χ0v) is 12.6. The van der Waals surface area contributed by atoms with Gasteiger partial charge in [-0.05, 0) is 36.0 Å². The fraction of sp³-hybridized carbons (Fsp3) is 0.375. The summed E-state index contributed by atoms with van der Waals surface area (Å²) >= 11 is 12.0. The molecule has 2 aliphatic carbocycles. The number of carbonyl (C=O) groups is 2. The van der Waals surface area contributed by atoms with Crippen molar-refractivity contribution in [2.24, 2.45) is 23.7 Å². The van der Waals surface area contributed by atoms with Gasteiger partial charge in [0.1, 0.15) is 0 Å². The number of allylic oxidation sites excluding steroid dienone is 2. The molecule has 21 heavy (non-hydrogen) atoms. The van der Waals surface area contributed by atoms with Crippen molar-refractivity contribution in [3.05, 3.63) is 46.0 Å². The molecule has 1 aromatic rings. The minimum absolute atomic E-state index is 0.0483. The van der Waals surface area contributed by atoms with Gasteiger partial charge in [-0.25, -0.2) is 0 Å². The molecule has 0 N–H and O–H groups in total. The first-order valence-electron chi connectivity index (χ1n) is 7.04. The first-order valence-corrected chi connectivity index (χ1v) is 7.79. The van der Waals surface area contributed by atoms with Crippen molar-refractivity contribution >= 4 is 35.0 Å². The van der Waals surface area contributed by atoms with Crippen LogP contribution in [0, 0.1) is 23.7 Å². The van der Waals surface area contributed by atoms with Crippen molar-refractivity contribution < 1.29 is 9.59 Å². The normalized spacial score (nSPS) is 33.1. The van der Waals surface area contributed by atoms with E-state index in [0.717, 1.165) is 12.0 Å². The van der Waals surface area contributed by atoms with Gasteiger partial charge in [0.05, 0.1) is 18.4 Å². The van der Waals surface area contributed by atoms with E-state index in [4.69, 9.17) is 23.2 Å². The number of fused-ring (bicyclic) bond motifs is 5. The summed E-state index contributed by atoms with van der Waals surface area (Å²) in [7, 11) is 0. The van der Waals surface area contributed by atoms with E-state index in [1.54, 1.807) is 18.2 Å². The Labute approximate surface area is 132 Å². The molecule has 0 aromatic heterocycles. The number of benzene rings is 1. The van der Waals surface area contributed by atoms with Crippen LogP contribution in [0.1, 0.15) is 12.0 Å². The third-order valence-electron chi connectivity index (χ3n) is 4.91. The van der Waals surface area contributed by atoms with Gasteiger partial charge in [-0.3, -0.25) is 14.5 Å². The zero-order valence-electron chi connectivity index (χ0n) is 11.1. The van der Waals surface area contributed by atoms with Crippen molar-refractivity contribution in [3.8, 4) is 0 Å². The number of nitrogens with zero attached hydrogens (tertiary/aromatic N) is 1. The van der Waals surface area contributed by atoms with Crippen LogP contribution >= 0.6 is 23.2 Å². The molecular formula is C16H13Cl2NO2. The molecule has 0 spiro atoms. The van der Waals surface area contributed by atoms with Gasteiger partial charge in [-0.2, -0.15) is 0 Å². The topological polar surface area (TPSA) is 37.4 Å². The second-order valence-electron chi connectivity index (χ2n) is 6.00. The van der Waals surface area contributed by atoms with Crippen molar-refractivity contribution in [3.63, 3.8) is 0 Å². The third kappa shape index (κ3) is 1.87. The van der Waals surface area contributed by atoms with Gasteiger partial charge in [0.2, 0.25) is 11.8 Å². The predicted octanol–water partition coefficient (Wildman–Crippen LogP) is 3.30. The Kier molecular flexibility index (Phi) is 2.92. The number of amides is 2. The predicted molar refractivity (Wildman–Crippen MR) is 79.7 cm³/mol. The second-order valence-corrected chi connectivity index (χ2v) is 6.84. The minimum Gasteiger partial charge on any atom is -0.278 e. The number of rotatable bonds is 2. The molecule has 108 valence electrons. The maximum absolute atomic E-state index is 12.6. The molecule has 2 fully saturated rings. The molecule has 1 heterocycles. The van der Waals surface area contributed by atoms with Crippen molar-refractivity contribution in [2.45, 2.75) is 13.0 Å². The molecule has 3 nitrogen and oxygen atoms in total. The Morgan fingerprint density at radius 3 is 2.24 bits per heavy atom. The SMILES string of the molecule is O=C1[C@@H]2[C@@H](C(=O)N1Cc1ccc(Cl)cc1Cl)[C@H]1C=C[C@H]2C1. The van der Waals surface area contributed by atoms with E-state index in [-0.39, 0.29) is 42.0 Å². The van der Waals surface area contributed by atoms with Crippen LogP contribution in [0.3, 0.4) is 0 Å². The minimum atomic E-state index is -0.154. The Morgan fingerprint density at radius 2 is 1.67 bits per heavy atom. The Balaban J connectivity index is 1.62. The molecule has 4 atom stereocenters. The van der Waals surface area contributed by atoms with Gasteiger partial charge in [-0.1, -0.05) is 41.4 Å². The van der Waals surface area contributed by atoms with Gasteiger partial charge in [0.25, 0.3) is 0 Å². The van der Waals surface area contributed by atoms with Gasteiger partial charge in [-0.15, -0.1) is 0 Å². The van der Waals surface area contributed by atoms with E-state index in [1.165, 1.54) is 4.90 Å². The van der Waals surface area contributed by atoms with E-state index in [1.807, 2.05) is 0 Å². The molecule has 5 heteroatoms. The van der Waals surface area contributed by atoms with Crippen molar-refractivity contribution in [2.75, 3.05) is 0 Å². The number of imide groups is 1. The maximum Gasteiger partial charge on any atom is 0.234 e. The lowest BCUT2D eigenvalue weighted by Gasteiger charge is -2.18. The van der Waals surface area contributed by atoms with Gasteiger partial charge < -0.3 is 0 Å². The molecule has 0 unspecified atom stereocenters. The molecule has 2 bridgehead atoms. The van der Waals surface area contributed by atoms with Gasteiger partial charge in [0, 0.05) is 10.0 Å². The zero-order chi connectivity index (χ0) is 14.7. The van der Waals surface area contributed by atoms with Crippen molar-refractivity contribution in [1.29, 1.82) is 0 Å². The van der Waals surface area contributed by atoms with Crippen LogP contribution in [0.4, 0.5) is 0 Å². The summed E-state index contributed by atoms with van der Waals surface area (Å²) in [4.78, 5) is 26.5. The van der Waals surface area contributed by atoms with Crippen molar-refractivity contribution in [1.82, 2.24) is 4.90 Å². The smallest absolute Gasteiger partial charge is 0.234 e. The molecule has 2 amide bonds. The van der Waals surface area contributed by atoms with Gasteiger partial charge >= 0.3 is 0 Å². The average Bonchev–Trinajstić information content (AvgIpc) is 3.10. The molecule has 1 saturated heterocycles. The van der Waals surface area contributed by atoms with E-state index < -0.39 is 0 Å². The molecule has 1 aliphatic heterocycles. The highest BCUT2D eigenvalue weighted by Gasteiger charge is 2.59. The summed E-state index contributed by atoms with van der Waals surface area (Å²) in [6.45, 7) is 0.236. The molecule has 0 radical (unpaired) electrons. The number of likely N-dealkylation sites (tertiary alicyclic amines) is 1. The Morgan fingerprint density at radius 1 is 1.05 bits per heavy atom. The summed E-state index contributed by atoms with van der Waals surface area (Å²) in [6.07, 6.45) is 5.13. The lowest BCUT2D eigenvalue weighted by Crippen LogP contribution is -2.32. The van der Waals surface area contributed by atoms with Gasteiger partial charge in [0.15, 0.2) is 0 Å². The third-order valence-corrected chi connectivity index (χ3v) is 5.49. The van der Waals surface area contributed by atoms with Crippen LogP contribution in [-0.4, -0.2) is 16.7 Å². The van der Waals surface area contributed by atoms with Crippen LogP contribution in [0.25, 0.3) is 0 Å². The highest BCUT2D eigenvalue weighted by Crippen LogP contribution is 2.52. The number of carbonyl (C=O) groups excluding carboxylic acids is 2. The molecule has 3 aliphatic rings. The van der Waals surface area contributed by atoms with E-state index >= 15 is 0 Å². The Bertz CT molecular complexity index is 655. The first kappa shape index (κ1) is 13.4. The highest BCUT2D eigenvalue weighted by molar-refractivity contribution is 6.35. The van der Waals surface area contributed by atoms with E-state index in [9.17, 15) is 9.59 Å². The number of halogens is 2. The number of hydrogen-bond donors (Lipinski definition) is 0. The first-order chi connectivity index (χ1) is 10.1. The monoisotopic (exact) mass is 321 g/mol. The number of hydrogen-bond acceptors (Lipinski definition) is 2. The van der Waals surface area contributed by atoms with E-state index in [2.05, 4.69) is 12.2 Å². The standard InChI is InChI=1S/C16H13Cl2NO2/c17-11-4-3-10(12(18)6-11)7-19-15(20)13-8-1-2-9(5-8)14(13)16(19)21/h1-4,6,8-9,13-14H,5,7H2/t8-,9-,13-,14-/m0/s1. The Hall–Kier alpha value is -1.32. The lowest BCUT2D eigenvalue weighted by molar-refractivity contribution is -0.141. The van der Waals surface area contributed by atoms with Crippen LogP contribution in [0.2, 0.25) is 10.0 Å². The summed E-state index contributed by atoms with van der Waals surface area (Å²) in [5.41, 5.74) is 0.753. The fourth-order valence-electron chi connectivity index (χ4n) is 3.94. The summed E-state index contributed by atoms with van der Waals surface area (Å²) in [6, 6.07) is 5.13. The largest absolute Gasteiger partial charge is 0.278 e. The summed E-state index contributed by atoms with van der Waals surface area (Å²) in [5, 5.41) is 1.03. The van der Waals surface area contributed by atoms with Crippen LogP contribution in [-0.2, 0) is 16.1 Å². The van der Waals surface area contributed by atoms with Crippen LogP contribution in [0.15, 0.2) is 30.4 Å². The average molecular weight is 322 g/mol. The quantitative estimate of drug-likeness (QED) is 0.619. The fourth-order valence-corrected chi connectivity index (χ4v) is 4.41. The molecule has 4 rings (SSSR count). The van der Waals surface area contributed by atoms with Crippen LogP contribution in [0.5, 0.6) is 0 Å². The molecule has 1 aromatic carbocycles. The maximum atomic E-state index is 12.6. The van der Waals surface area contributed by atoms with Crippen LogP contribution < -0.4 is 0 Å². The summed E-state index contributed by atoms with van der Waals surface area (Å²) in [5.74, 6) is 0.0714. The van der Waals surface area contributed by atoms with E-state index in [0.29, 0.717) is 10.0 Å².